The number of aliphatic hydroxyl groups excluding tert-OH is 1. The lowest BCUT2D eigenvalue weighted by molar-refractivity contribution is -0.143. The molecule has 1 rings (SSSR count). The number of unbranched alkanes of at least 4 members (excludes halogenated alkanes) is 2. The molecule has 8 nitrogen and oxygen atoms in total. The first-order valence-electron chi connectivity index (χ1n) is 11.3. The van der Waals surface area contributed by atoms with Gasteiger partial charge in [-0.1, -0.05) is 49.6 Å². The highest BCUT2D eigenvalue weighted by molar-refractivity contribution is 5.92. The maximum absolute atomic E-state index is 13.3. The molecule has 0 heterocycles. The lowest BCUT2D eigenvalue weighted by atomic mass is 10.0. The van der Waals surface area contributed by atoms with Gasteiger partial charge in [0.05, 0.1) is 6.61 Å². The third-order valence-corrected chi connectivity index (χ3v) is 4.79. The average Bonchev–Trinajstić information content (AvgIpc) is 2.71. The van der Waals surface area contributed by atoms with Gasteiger partial charge in [-0.05, 0) is 46.6 Å². The Labute approximate surface area is 191 Å². The number of benzene rings is 1. The third-order valence-electron chi connectivity index (χ3n) is 4.79. The van der Waals surface area contributed by atoms with Crippen molar-refractivity contribution in [3.63, 3.8) is 0 Å². The zero-order chi connectivity index (χ0) is 24.3. The molecule has 2 atom stereocenters. The summed E-state index contributed by atoms with van der Waals surface area (Å²) < 4.78 is 5.21. The number of carbonyl (C=O) groups excluding carboxylic acids is 3. The van der Waals surface area contributed by atoms with Crippen molar-refractivity contribution in [1.29, 1.82) is 0 Å². The van der Waals surface area contributed by atoms with Crippen LogP contribution in [-0.4, -0.2) is 59.3 Å². The van der Waals surface area contributed by atoms with E-state index in [4.69, 9.17) is 4.74 Å². The van der Waals surface area contributed by atoms with Crippen LogP contribution in [0.4, 0.5) is 4.79 Å². The first-order chi connectivity index (χ1) is 15.0. The quantitative estimate of drug-likeness (QED) is 0.450. The molecule has 8 heteroatoms. The second-order valence-electron chi connectivity index (χ2n) is 8.82. The van der Waals surface area contributed by atoms with Gasteiger partial charge in [0, 0.05) is 13.1 Å². The summed E-state index contributed by atoms with van der Waals surface area (Å²) in [6.45, 7) is 11.0. The first-order valence-corrected chi connectivity index (χ1v) is 11.3. The Morgan fingerprint density at radius 3 is 2.38 bits per heavy atom. The maximum Gasteiger partial charge on any atom is 0.408 e. The molecule has 0 aliphatic carbocycles. The van der Waals surface area contributed by atoms with Crippen LogP contribution in [0.5, 0.6) is 0 Å². The number of carbonyl (C=O) groups is 3. The van der Waals surface area contributed by atoms with Gasteiger partial charge in [-0.2, -0.15) is 0 Å². The van der Waals surface area contributed by atoms with Crippen LogP contribution in [0.25, 0.3) is 0 Å². The van der Waals surface area contributed by atoms with E-state index in [2.05, 4.69) is 17.6 Å². The largest absolute Gasteiger partial charge is 0.444 e. The zero-order valence-corrected chi connectivity index (χ0v) is 20.2. The van der Waals surface area contributed by atoms with Gasteiger partial charge in [0.2, 0.25) is 11.8 Å². The number of amides is 3. The average molecular weight is 450 g/mol. The number of nitrogens with zero attached hydrogens (tertiary/aromatic N) is 1. The van der Waals surface area contributed by atoms with Crippen molar-refractivity contribution in [2.24, 2.45) is 0 Å². The number of ether oxygens (including phenoxy) is 1. The highest BCUT2D eigenvalue weighted by Crippen LogP contribution is 2.23. The van der Waals surface area contributed by atoms with E-state index in [1.165, 1.54) is 4.90 Å². The number of rotatable bonds is 11. The van der Waals surface area contributed by atoms with Gasteiger partial charge in [-0.15, -0.1) is 0 Å². The van der Waals surface area contributed by atoms with Crippen molar-refractivity contribution in [3.05, 3.63) is 35.4 Å². The van der Waals surface area contributed by atoms with Gasteiger partial charge in [-0.3, -0.25) is 9.59 Å². The minimum atomic E-state index is -1.23. The van der Waals surface area contributed by atoms with Gasteiger partial charge >= 0.3 is 6.09 Å². The molecule has 180 valence electrons. The van der Waals surface area contributed by atoms with Crippen molar-refractivity contribution in [2.75, 3.05) is 19.7 Å². The Balaban J connectivity index is 3.15. The molecule has 0 spiro atoms. The third kappa shape index (κ3) is 8.86. The van der Waals surface area contributed by atoms with Gasteiger partial charge in [0.25, 0.3) is 0 Å². The fourth-order valence-electron chi connectivity index (χ4n) is 3.30. The Kier molecular flexibility index (Phi) is 11.2. The summed E-state index contributed by atoms with van der Waals surface area (Å²) in [5, 5.41) is 15.2. The second-order valence-corrected chi connectivity index (χ2v) is 8.82. The molecule has 3 N–H and O–H groups in total. The van der Waals surface area contributed by atoms with E-state index < -0.39 is 36.3 Å². The van der Waals surface area contributed by atoms with Gasteiger partial charge < -0.3 is 25.4 Å². The Morgan fingerprint density at radius 2 is 1.84 bits per heavy atom. The van der Waals surface area contributed by atoms with Crippen molar-refractivity contribution < 1.29 is 24.2 Å². The van der Waals surface area contributed by atoms with Crippen molar-refractivity contribution in [2.45, 2.75) is 78.5 Å². The number of nitrogens with one attached hydrogen (secondary N) is 2. The number of alkyl carbamates (subject to hydrolysis) is 1. The van der Waals surface area contributed by atoms with Gasteiger partial charge in [0.1, 0.15) is 17.7 Å². The molecule has 0 aromatic heterocycles. The summed E-state index contributed by atoms with van der Waals surface area (Å²) in [6, 6.07) is 5.30. The van der Waals surface area contributed by atoms with Crippen LogP contribution in [-0.2, 0) is 14.3 Å². The van der Waals surface area contributed by atoms with Crippen LogP contribution in [0, 0.1) is 6.92 Å². The van der Waals surface area contributed by atoms with E-state index in [-0.39, 0.29) is 12.5 Å². The van der Waals surface area contributed by atoms with E-state index in [1.807, 2.05) is 25.1 Å². The Bertz CT molecular complexity index is 760. The first kappa shape index (κ1) is 27.4. The van der Waals surface area contributed by atoms with Crippen LogP contribution in [0.15, 0.2) is 24.3 Å². The minimum absolute atomic E-state index is 0.215. The van der Waals surface area contributed by atoms with Crippen LogP contribution < -0.4 is 10.6 Å². The predicted octanol–water partition coefficient (Wildman–Crippen LogP) is 3.08. The minimum Gasteiger partial charge on any atom is -0.444 e. The van der Waals surface area contributed by atoms with E-state index >= 15 is 0 Å². The highest BCUT2D eigenvalue weighted by atomic mass is 16.6. The highest BCUT2D eigenvalue weighted by Gasteiger charge is 2.35. The van der Waals surface area contributed by atoms with E-state index in [1.54, 1.807) is 33.8 Å². The van der Waals surface area contributed by atoms with Crippen LogP contribution in [0.1, 0.15) is 71.0 Å². The molecule has 0 aliphatic rings. The number of aliphatic hydroxyl groups is 1. The molecule has 0 radical (unpaired) electrons. The number of likely N-dealkylation sites (N-methyl/N-ethyl adjacent to an activating group) is 1. The van der Waals surface area contributed by atoms with Crippen LogP contribution in [0.2, 0.25) is 0 Å². The molecular weight excluding hydrogens is 410 g/mol. The zero-order valence-electron chi connectivity index (χ0n) is 20.2. The normalized spacial score (nSPS) is 13.1. The van der Waals surface area contributed by atoms with Crippen molar-refractivity contribution in [1.82, 2.24) is 15.5 Å². The molecule has 3 amide bonds. The van der Waals surface area contributed by atoms with E-state index in [9.17, 15) is 19.5 Å². The summed E-state index contributed by atoms with van der Waals surface area (Å²) in [5.74, 6) is -0.855. The topological polar surface area (TPSA) is 108 Å². The molecular formula is C24H39N3O5. The Morgan fingerprint density at radius 1 is 1.16 bits per heavy atom. The molecule has 32 heavy (non-hydrogen) atoms. The maximum atomic E-state index is 13.3. The lowest BCUT2D eigenvalue weighted by Gasteiger charge is -2.33. The molecule has 1 aromatic carbocycles. The monoisotopic (exact) mass is 449 g/mol. The van der Waals surface area contributed by atoms with Gasteiger partial charge in [0.15, 0.2) is 0 Å². The molecule has 0 bridgehead atoms. The van der Waals surface area contributed by atoms with Gasteiger partial charge in [-0.25, -0.2) is 4.79 Å². The number of hydrogen-bond donors (Lipinski definition) is 3. The molecule has 0 fully saturated rings. The van der Waals surface area contributed by atoms with Crippen molar-refractivity contribution >= 4 is 17.9 Å². The standard InChI is InChI=1S/C24H39N3O5/c1-7-9-10-14-25-21(29)20(18-13-11-12-17(3)15-18)27(8-2)22(30)19(16-28)26-23(31)32-24(4,5)6/h11-13,15,19-20,28H,7-10,14,16H2,1-6H3,(H,25,29)(H,26,31). The number of aryl methyl sites for hydroxylation is 1. The molecule has 0 saturated heterocycles. The Hall–Kier alpha value is -2.61. The summed E-state index contributed by atoms with van der Waals surface area (Å²) in [6.07, 6.45) is 2.07. The van der Waals surface area contributed by atoms with Crippen molar-refractivity contribution in [3.8, 4) is 0 Å². The fraction of sp³-hybridized carbons (Fsp3) is 0.625. The number of hydrogen-bond acceptors (Lipinski definition) is 5. The SMILES string of the molecule is CCCCCNC(=O)C(c1cccc(C)c1)N(CC)C(=O)C(CO)NC(=O)OC(C)(C)C. The molecule has 1 aromatic rings. The van der Waals surface area contributed by atoms with E-state index in [0.29, 0.717) is 12.1 Å². The predicted molar refractivity (Wildman–Crippen MR) is 124 cm³/mol. The molecule has 2 unspecified atom stereocenters. The summed E-state index contributed by atoms with van der Waals surface area (Å²) in [7, 11) is 0. The molecule has 0 aliphatic heterocycles. The summed E-state index contributed by atoms with van der Waals surface area (Å²) >= 11 is 0. The summed E-state index contributed by atoms with van der Waals surface area (Å²) in [4.78, 5) is 40.0. The molecule has 0 saturated carbocycles. The smallest absolute Gasteiger partial charge is 0.408 e. The fourth-order valence-corrected chi connectivity index (χ4v) is 3.30. The van der Waals surface area contributed by atoms with Crippen LogP contribution in [0.3, 0.4) is 0 Å². The van der Waals surface area contributed by atoms with Crippen LogP contribution >= 0.6 is 0 Å². The second kappa shape index (κ2) is 13.1. The van der Waals surface area contributed by atoms with E-state index in [0.717, 1.165) is 24.8 Å². The lowest BCUT2D eigenvalue weighted by Crippen LogP contribution is -2.54. The summed E-state index contributed by atoms with van der Waals surface area (Å²) in [5.41, 5.74) is 0.877.